The van der Waals surface area contributed by atoms with Crippen molar-refractivity contribution in [2.24, 2.45) is 0 Å². The molecule has 1 atom stereocenters. The fourth-order valence-electron chi connectivity index (χ4n) is 2.95. The first-order valence-electron chi connectivity index (χ1n) is 9.54. The topological polar surface area (TPSA) is 108 Å². The Hall–Kier alpha value is -2.01. The summed E-state index contributed by atoms with van der Waals surface area (Å²) < 4.78 is 33.3. The van der Waals surface area contributed by atoms with Gasteiger partial charge in [0.15, 0.2) is 0 Å². The Labute approximate surface area is 172 Å². The second-order valence-electron chi connectivity index (χ2n) is 7.33. The molecule has 29 heavy (non-hydrogen) atoms. The van der Waals surface area contributed by atoms with E-state index in [-0.39, 0.29) is 18.0 Å². The van der Waals surface area contributed by atoms with Gasteiger partial charge in [-0.3, -0.25) is 9.59 Å². The Morgan fingerprint density at radius 1 is 1.21 bits per heavy atom. The van der Waals surface area contributed by atoms with Gasteiger partial charge in [0.25, 0.3) is 0 Å². The van der Waals surface area contributed by atoms with Crippen LogP contribution >= 0.6 is 0 Å². The number of rotatable bonds is 7. The van der Waals surface area contributed by atoms with Crippen molar-refractivity contribution in [2.45, 2.75) is 31.4 Å². The smallest absolute Gasteiger partial charge is 0.309 e. The molecule has 1 aromatic rings. The molecule has 1 saturated heterocycles. The molecule has 1 aromatic carbocycles. The average Bonchev–Trinajstić information content (AvgIpc) is 2.67. The van der Waals surface area contributed by atoms with E-state index >= 15 is 0 Å². The maximum absolute atomic E-state index is 13.2. The number of ether oxygens (including phenoxy) is 1. The minimum Gasteiger partial charge on any atom is -0.360 e. The molecule has 0 bridgehead atoms. The molecule has 0 aliphatic carbocycles. The van der Waals surface area contributed by atoms with Gasteiger partial charge in [0, 0.05) is 19.6 Å². The first-order chi connectivity index (χ1) is 13.6. The van der Waals surface area contributed by atoms with Crippen LogP contribution in [0.2, 0.25) is 0 Å². The molecule has 0 saturated carbocycles. The van der Waals surface area contributed by atoms with E-state index in [1.807, 2.05) is 32.0 Å². The molecule has 10 heteroatoms. The highest BCUT2D eigenvalue weighted by atomic mass is 32.2. The molecule has 0 radical (unpaired) electrons. The first kappa shape index (κ1) is 23.3. The highest BCUT2D eigenvalue weighted by Gasteiger charge is 2.35. The number of nitrogens with one attached hydrogen (secondary N) is 2. The minimum absolute atomic E-state index is 0.107. The predicted octanol–water partition coefficient (Wildman–Crippen LogP) is -0.165. The van der Waals surface area contributed by atoms with Crippen molar-refractivity contribution in [3.05, 3.63) is 29.3 Å². The number of carbonyl (C=O) groups is 2. The van der Waals surface area contributed by atoms with Crippen molar-refractivity contribution in [1.82, 2.24) is 19.8 Å². The molecule has 0 unspecified atom stereocenters. The monoisotopic (exact) mass is 426 g/mol. The van der Waals surface area contributed by atoms with Crippen molar-refractivity contribution in [3.8, 4) is 0 Å². The third-order valence-corrected chi connectivity index (χ3v) is 6.60. The number of carbonyl (C=O) groups excluding carboxylic acids is 2. The van der Waals surface area contributed by atoms with Crippen LogP contribution < -0.4 is 10.6 Å². The van der Waals surface area contributed by atoms with Crippen molar-refractivity contribution >= 4 is 21.8 Å². The summed E-state index contributed by atoms with van der Waals surface area (Å²) in [6, 6.07) is 5.25. The molecular weight excluding hydrogens is 396 g/mol. The maximum atomic E-state index is 13.2. The second-order valence-corrected chi connectivity index (χ2v) is 9.19. The van der Waals surface area contributed by atoms with E-state index in [4.69, 9.17) is 4.74 Å². The molecule has 2 amide bonds. The quantitative estimate of drug-likeness (QED) is 0.587. The van der Waals surface area contributed by atoms with Crippen LogP contribution in [0.3, 0.4) is 0 Å². The molecule has 1 heterocycles. The van der Waals surface area contributed by atoms with Gasteiger partial charge in [-0.1, -0.05) is 12.1 Å². The predicted molar refractivity (Wildman–Crippen MR) is 109 cm³/mol. The van der Waals surface area contributed by atoms with Gasteiger partial charge in [-0.2, -0.15) is 4.31 Å². The van der Waals surface area contributed by atoms with Crippen molar-refractivity contribution in [2.75, 3.05) is 46.9 Å². The summed E-state index contributed by atoms with van der Waals surface area (Å²) >= 11 is 0. The number of sulfonamides is 1. The fraction of sp³-hybridized carbons (Fsp3) is 0.579. The van der Waals surface area contributed by atoms with Crippen LogP contribution in [-0.4, -0.2) is 82.5 Å². The minimum atomic E-state index is -3.81. The SMILES string of the molecule is Cc1ccc(C)c(S(=O)(=O)N2CCCO[C@@H]2CNC(=O)C(=O)NCCN(C)C)c1. The van der Waals surface area contributed by atoms with Gasteiger partial charge in [-0.25, -0.2) is 8.42 Å². The normalized spacial score (nSPS) is 17.9. The highest BCUT2D eigenvalue weighted by Crippen LogP contribution is 2.25. The molecule has 0 spiro atoms. The standard InChI is InChI=1S/C19H30N4O5S/c1-14-6-7-15(2)16(12-14)29(26,27)23-9-5-11-28-17(23)13-21-19(25)18(24)20-8-10-22(3)4/h6-7,12,17H,5,8-11,13H2,1-4H3,(H,20,24)(H,21,25)/t17-/m1/s1. The Kier molecular flexibility index (Phi) is 8.14. The zero-order valence-corrected chi connectivity index (χ0v) is 18.2. The highest BCUT2D eigenvalue weighted by molar-refractivity contribution is 7.89. The Bertz CT molecular complexity index is 841. The number of hydrogen-bond donors (Lipinski definition) is 2. The van der Waals surface area contributed by atoms with E-state index in [1.54, 1.807) is 19.1 Å². The number of likely N-dealkylation sites (N-methyl/N-ethyl adjacent to an activating group) is 1. The number of amides is 2. The van der Waals surface area contributed by atoms with Crippen LogP contribution in [-0.2, 0) is 24.3 Å². The third-order valence-electron chi connectivity index (χ3n) is 4.57. The average molecular weight is 427 g/mol. The lowest BCUT2D eigenvalue weighted by Gasteiger charge is -2.35. The summed E-state index contributed by atoms with van der Waals surface area (Å²) in [6.07, 6.45) is -0.313. The van der Waals surface area contributed by atoms with Gasteiger partial charge in [-0.05, 0) is 51.6 Å². The zero-order valence-electron chi connectivity index (χ0n) is 17.4. The molecular formula is C19H30N4O5S. The lowest BCUT2D eigenvalue weighted by Crippen LogP contribution is -2.53. The summed E-state index contributed by atoms with van der Waals surface area (Å²) in [5.41, 5.74) is 1.48. The molecule has 0 aromatic heterocycles. The molecule has 2 rings (SSSR count). The van der Waals surface area contributed by atoms with Crippen LogP contribution in [0.1, 0.15) is 17.5 Å². The Morgan fingerprint density at radius 3 is 2.59 bits per heavy atom. The maximum Gasteiger partial charge on any atom is 0.309 e. The molecule has 2 N–H and O–H groups in total. The van der Waals surface area contributed by atoms with Crippen LogP contribution in [0.25, 0.3) is 0 Å². The van der Waals surface area contributed by atoms with Gasteiger partial charge in [0.1, 0.15) is 6.23 Å². The van der Waals surface area contributed by atoms with Gasteiger partial charge in [-0.15, -0.1) is 0 Å². The van der Waals surface area contributed by atoms with E-state index in [9.17, 15) is 18.0 Å². The van der Waals surface area contributed by atoms with E-state index in [2.05, 4.69) is 10.6 Å². The first-order valence-corrected chi connectivity index (χ1v) is 11.0. The van der Waals surface area contributed by atoms with E-state index in [0.29, 0.717) is 31.7 Å². The number of hydrogen-bond acceptors (Lipinski definition) is 6. The van der Waals surface area contributed by atoms with Gasteiger partial charge >= 0.3 is 11.8 Å². The molecule has 9 nitrogen and oxygen atoms in total. The van der Waals surface area contributed by atoms with E-state index in [0.717, 1.165) is 5.56 Å². The zero-order chi connectivity index (χ0) is 21.6. The van der Waals surface area contributed by atoms with Crippen LogP contribution in [0, 0.1) is 13.8 Å². The summed E-state index contributed by atoms with van der Waals surface area (Å²) in [5.74, 6) is -1.58. The van der Waals surface area contributed by atoms with Crippen molar-refractivity contribution in [1.29, 1.82) is 0 Å². The van der Waals surface area contributed by atoms with Gasteiger partial charge in [0.05, 0.1) is 18.0 Å². The molecule has 1 fully saturated rings. The van der Waals surface area contributed by atoms with Crippen LogP contribution in [0.5, 0.6) is 0 Å². The van der Waals surface area contributed by atoms with E-state index < -0.39 is 28.1 Å². The Morgan fingerprint density at radius 2 is 1.90 bits per heavy atom. The van der Waals surface area contributed by atoms with E-state index in [1.165, 1.54) is 4.31 Å². The molecule has 1 aliphatic heterocycles. The molecule has 1 aliphatic rings. The summed E-state index contributed by atoms with van der Waals surface area (Å²) in [6.45, 7) is 5.08. The van der Waals surface area contributed by atoms with Gasteiger partial charge in [0.2, 0.25) is 10.0 Å². The summed E-state index contributed by atoms with van der Waals surface area (Å²) in [4.78, 5) is 26.0. The number of nitrogens with zero attached hydrogens (tertiary/aromatic N) is 2. The largest absolute Gasteiger partial charge is 0.360 e. The lowest BCUT2D eigenvalue weighted by molar-refractivity contribution is -0.140. The Balaban J connectivity index is 2.05. The molecule has 162 valence electrons. The summed E-state index contributed by atoms with van der Waals surface area (Å²) in [7, 11) is -0.0878. The van der Waals surface area contributed by atoms with Gasteiger partial charge < -0.3 is 20.3 Å². The summed E-state index contributed by atoms with van der Waals surface area (Å²) in [5, 5.41) is 4.99. The van der Waals surface area contributed by atoms with Crippen LogP contribution in [0.15, 0.2) is 23.1 Å². The van der Waals surface area contributed by atoms with Crippen molar-refractivity contribution in [3.63, 3.8) is 0 Å². The second kappa shape index (κ2) is 10.1. The lowest BCUT2D eigenvalue weighted by atomic mass is 10.2. The number of benzene rings is 1. The third kappa shape index (κ3) is 6.23. The van der Waals surface area contributed by atoms with Crippen molar-refractivity contribution < 1.29 is 22.7 Å². The number of aryl methyl sites for hydroxylation is 2. The fourth-order valence-corrected chi connectivity index (χ4v) is 4.82. The van der Waals surface area contributed by atoms with Crippen LogP contribution in [0.4, 0.5) is 0 Å².